The predicted molar refractivity (Wildman–Crippen MR) is 81.1 cm³/mol. The molecule has 108 valence electrons. The number of benzene rings is 2. The quantitative estimate of drug-likeness (QED) is 0.469. The highest BCUT2D eigenvalue weighted by molar-refractivity contribution is 9.10. The summed E-state index contributed by atoms with van der Waals surface area (Å²) in [5, 5.41) is 10.6. The monoisotopic (exact) mass is 349 g/mol. The maximum atomic E-state index is 12.0. The minimum atomic E-state index is -0.520. The molecule has 1 atom stereocenters. The Bertz CT molecular complexity index is 670. The fourth-order valence-corrected chi connectivity index (χ4v) is 2.42. The number of hydrogen-bond donors (Lipinski definition) is 0. The normalized spacial score (nSPS) is 11.7. The number of nitrogens with zero attached hydrogens (tertiary/aromatic N) is 1. The summed E-state index contributed by atoms with van der Waals surface area (Å²) in [5.74, 6) is -0.520. The fourth-order valence-electron chi connectivity index (χ4n) is 1.82. The van der Waals surface area contributed by atoms with Gasteiger partial charge in [-0.05, 0) is 25.1 Å². The van der Waals surface area contributed by atoms with Crippen LogP contribution in [-0.4, -0.2) is 10.9 Å². The molecule has 0 aromatic heterocycles. The molecule has 0 N–H and O–H groups in total. The summed E-state index contributed by atoms with van der Waals surface area (Å²) in [6.45, 7) is 1.77. The zero-order valence-corrected chi connectivity index (χ0v) is 12.7. The van der Waals surface area contributed by atoms with Crippen LogP contribution in [0.25, 0.3) is 0 Å². The zero-order valence-electron chi connectivity index (χ0n) is 11.2. The van der Waals surface area contributed by atoms with Gasteiger partial charge in [0.15, 0.2) is 0 Å². The van der Waals surface area contributed by atoms with E-state index in [4.69, 9.17) is 4.74 Å². The average molecular weight is 350 g/mol. The highest BCUT2D eigenvalue weighted by Crippen LogP contribution is 2.26. The third kappa shape index (κ3) is 3.66. The van der Waals surface area contributed by atoms with Gasteiger partial charge in [-0.15, -0.1) is 0 Å². The molecular formula is C15H12BrNO4. The van der Waals surface area contributed by atoms with Gasteiger partial charge in [-0.3, -0.25) is 10.1 Å². The Morgan fingerprint density at radius 2 is 1.81 bits per heavy atom. The molecule has 2 aromatic carbocycles. The van der Waals surface area contributed by atoms with E-state index in [0.29, 0.717) is 0 Å². The largest absolute Gasteiger partial charge is 0.454 e. The first-order valence-electron chi connectivity index (χ1n) is 6.19. The van der Waals surface area contributed by atoms with Crippen molar-refractivity contribution in [3.63, 3.8) is 0 Å². The number of ether oxygens (including phenoxy) is 1. The maximum Gasteiger partial charge on any atom is 0.338 e. The van der Waals surface area contributed by atoms with Crippen molar-refractivity contribution in [2.24, 2.45) is 0 Å². The van der Waals surface area contributed by atoms with Gasteiger partial charge in [-0.25, -0.2) is 4.79 Å². The molecule has 0 unspecified atom stereocenters. The minimum absolute atomic E-state index is 0.0644. The minimum Gasteiger partial charge on any atom is -0.454 e. The lowest BCUT2D eigenvalue weighted by Crippen LogP contribution is -2.09. The van der Waals surface area contributed by atoms with Crippen molar-refractivity contribution in [2.45, 2.75) is 13.0 Å². The van der Waals surface area contributed by atoms with E-state index in [2.05, 4.69) is 15.9 Å². The predicted octanol–water partition coefficient (Wildman–Crippen LogP) is 4.28. The topological polar surface area (TPSA) is 69.4 Å². The molecule has 0 saturated heterocycles. The van der Waals surface area contributed by atoms with Crippen LogP contribution in [0.15, 0.2) is 53.0 Å². The molecule has 0 saturated carbocycles. The Morgan fingerprint density at radius 1 is 1.19 bits per heavy atom. The number of carbonyl (C=O) groups is 1. The summed E-state index contributed by atoms with van der Waals surface area (Å²) in [4.78, 5) is 22.1. The number of carbonyl (C=O) groups excluding carboxylic acids is 1. The van der Waals surface area contributed by atoms with Crippen LogP contribution in [0, 0.1) is 10.1 Å². The Hall–Kier alpha value is -2.21. The molecule has 0 aliphatic heterocycles. The van der Waals surface area contributed by atoms with Gasteiger partial charge in [0, 0.05) is 22.2 Å². The summed E-state index contributed by atoms with van der Waals surface area (Å²) in [6, 6.07) is 12.8. The summed E-state index contributed by atoms with van der Waals surface area (Å²) in [7, 11) is 0. The summed E-state index contributed by atoms with van der Waals surface area (Å²) < 4.78 is 6.22. The van der Waals surface area contributed by atoms with Gasteiger partial charge >= 0.3 is 5.97 Å². The lowest BCUT2D eigenvalue weighted by atomic mass is 10.1. The van der Waals surface area contributed by atoms with Crippen molar-refractivity contribution >= 4 is 27.6 Å². The van der Waals surface area contributed by atoms with Crippen LogP contribution in [-0.2, 0) is 4.74 Å². The van der Waals surface area contributed by atoms with E-state index in [1.807, 2.05) is 24.3 Å². The van der Waals surface area contributed by atoms with Crippen LogP contribution in [0.5, 0.6) is 0 Å². The molecular weight excluding hydrogens is 338 g/mol. The standard InChI is InChI=1S/C15H12BrNO4/c1-10(13-4-2-3-5-14(13)16)21-15(18)11-6-8-12(9-7-11)17(19)20/h2-10H,1H3/t10-/m0/s1. The lowest BCUT2D eigenvalue weighted by molar-refractivity contribution is -0.384. The highest BCUT2D eigenvalue weighted by Gasteiger charge is 2.16. The van der Waals surface area contributed by atoms with Crippen molar-refractivity contribution < 1.29 is 14.5 Å². The molecule has 6 heteroatoms. The van der Waals surface area contributed by atoms with Crippen LogP contribution >= 0.6 is 15.9 Å². The summed E-state index contributed by atoms with van der Waals surface area (Å²) in [5.41, 5.74) is 1.07. The number of hydrogen-bond acceptors (Lipinski definition) is 4. The second-order valence-electron chi connectivity index (χ2n) is 4.37. The number of rotatable bonds is 4. The van der Waals surface area contributed by atoms with E-state index in [0.717, 1.165) is 10.0 Å². The van der Waals surface area contributed by atoms with Crippen LogP contribution in [0.4, 0.5) is 5.69 Å². The summed E-state index contributed by atoms with van der Waals surface area (Å²) in [6.07, 6.45) is -0.428. The second kappa shape index (κ2) is 6.49. The average Bonchev–Trinajstić information content (AvgIpc) is 2.47. The van der Waals surface area contributed by atoms with E-state index in [1.165, 1.54) is 24.3 Å². The molecule has 0 aliphatic carbocycles. The number of nitro benzene ring substituents is 1. The first kappa shape index (κ1) is 15.2. The molecule has 0 fully saturated rings. The van der Waals surface area contributed by atoms with Crippen molar-refractivity contribution in [3.05, 3.63) is 74.2 Å². The van der Waals surface area contributed by atoms with Crippen molar-refractivity contribution in [3.8, 4) is 0 Å². The van der Waals surface area contributed by atoms with Crippen LogP contribution in [0.2, 0.25) is 0 Å². The molecule has 0 heterocycles. The Labute approximate surface area is 129 Å². The number of nitro groups is 1. The fraction of sp³-hybridized carbons (Fsp3) is 0.133. The maximum absolute atomic E-state index is 12.0. The van der Waals surface area contributed by atoms with E-state index in [1.54, 1.807) is 6.92 Å². The van der Waals surface area contributed by atoms with Gasteiger partial charge in [-0.2, -0.15) is 0 Å². The van der Waals surface area contributed by atoms with E-state index in [-0.39, 0.29) is 11.3 Å². The zero-order chi connectivity index (χ0) is 15.4. The van der Waals surface area contributed by atoms with Crippen LogP contribution < -0.4 is 0 Å². The number of non-ortho nitro benzene ring substituents is 1. The third-order valence-corrected chi connectivity index (χ3v) is 3.66. The van der Waals surface area contributed by atoms with Crippen molar-refractivity contribution in [1.29, 1.82) is 0 Å². The molecule has 0 amide bonds. The number of esters is 1. The van der Waals surface area contributed by atoms with Gasteiger partial charge in [0.1, 0.15) is 6.10 Å². The molecule has 2 aromatic rings. The molecule has 0 aliphatic rings. The Morgan fingerprint density at radius 3 is 2.38 bits per heavy atom. The van der Waals surface area contributed by atoms with Gasteiger partial charge in [0.2, 0.25) is 0 Å². The van der Waals surface area contributed by atoms with Gasteiger partial charge < -0.3 is 4.74 Å². The van der Waals surface area contributed by atoms with Gasteiger partial charge in [0.25, 0.3) is 5.69 Å². The Balaban J connectivity index is 2.11. The van der Waals surface area contributed by atoms with Crippen molar-refractivity contribution in [2.75, 3.05) is 0 Å². The smallest absolute Gasteiger partial charge is 0.338 e. The molecule has 21 heavy (non-hydrogen) atoms. The lowest BCUT2D eigenvalue weighted by Gasteiger charge is -2.15. The Kier molecular flexibility index (Phi) is 4.70. The molecule has 2 rings (SSSR count). The van der Waals surface area contributed by atoms with Crippen molar-refractivity contribution in [1.82, 2.24) is 0 Å². The first-order chi connectivity index (χ1) is 9.99. The molecule has 5 nitrogen and oxygen atoms in total. The van der Waals surface area contributed by atoms with E-state index >= 15 is 0 Å². The van der Waals surface area contributed by atoms with Gasteiger partial charge in [-0.1, -0.05) is 34.1 Å². The van der Waals surface area contributed by atoms with E-state index < -0.39 is 17.0 Å². The molecule has 0 bridgehead atoms. The third-order valence-electron chi connectivity index (χ3n) is 2.94. The molecule has 0 radical (unpaired) electrons. The second-order valence-corrected chi connectivity index (χ2v) is 5.23. The first-order valence-corrected chi connectivity index (χ1v) is 6.98. The van der Waals surface area contributed by atoms with E-state index in [9.17, 15) is 14.9 Å². The van der Waals surface area contributed by atoms with Crippen LogP contribution in [0.3, 0.4) is 0 Å². The number of halogens is 1. The highest BCUT2D eigenvalue weighted by atomic mass is 79.9. The summed E-state index contributed by atoms with van der Waals surface area (Å²) >= 11 is 3.40. The van der Waals surface area contributed by atoms with Gasteiger partial charge in [0.05, 0.1) is 10.5 Å². The van der Waals surface area contributed by atoms with Crippen LogP contribution in [0.1, 0.15) is 28.9 Å². The molecule has 0 spiro atoms. The SMILES string of the molecule is C[C@H](OC(=O)c1ccc([N+](=O)[O-])cc1)c1ccccc1Br.